The molecule has 1 heterocycles. The highest BCUT2D eigenvalue weighted by Gasteiger charge is 2.52. The molecule has 0 aromatic carbocycles. The van der Waals surface area contributed by atoms with Crippen LogP contribution < -0.4 is 5.73 Å². The van der Waals surface area contributed by atoms with Crippen molar-refractivity contribution in [2.45, 2.75) is 70.8 Å². The standard InChI is InChI=1S/C15H26N2O2/c1-2-7-12(11-16)17-13(18)10-15(14(17)19)8-5-3-4-6-9-15/h12H,2-11,16H2,1H3. The normalized spacial score (nSPS) is 24.8. The number of carbonyl (C=O) groups is 2. The van der Waals surface area contributed by atoms with Gasteiger partial charge >= 0.3 is 0 Å². The van der Waals surface area contributed by atoms with Gasteiger partial charge in [0.2, 0.25) is 11.8 Å². The van der Waals surface area contributed by atoms with Crippen molar-refractivity contribution in [3.63, 3.8) is 0 Å². The lowest BCUT2D eigenvalue weighted by Crippen LogP contribution is -2.46. The number of amides is 2. The summed E-state index contributed by atoms with van der Waals surface area (Å²) in [6.07, 6.45) is 8.51. The molecule has 1 spiro atoms. The number of carbonyl (C=O) groups excluding carboxylic acids is 2. The number of nitrogens with zero attached hydrogens (tertiary/aromatic N) is 1. The number of hydrogen-bond acceptors (Lipinski definition) is 3. The first-order valence-corrected chi connectivity index (χ1v) is 7.71. The predicted octanol–water partition coefficient (Wildman–Crippen LogP) is 2.21. The van der Waals surface area contributed by atoms with E-state index in [1.807, 2.05) is 0 Å². The summed E-state index contributed by atoms with van der Waals surface area (Å²) in [7, 11) is 0. The quantitative estimate of drug-likeness (QED) is 0.793. The Kier molecular flexibility index (Phi) is 4.61. The average Bonchev–Trinajstić information content (AvgIpc) is 2.59. The van der Waals surface area contributed by atoms with Crippen LogP contribution in [0.15, 0.2) is 0 Å². The molecule has 0 radical (unpaired) electrons. The molecule has 0 bridgehead atoms. The molecule has 1 aliphatic heterocycles. The Labute approximate surface area is 115 Å². The summed E-state index contributed by atoms with van der Waals surface area (Å²) >= 11 is 0. The van der Waals surface area contributed by atoms with Crippen LogP contribution in [0.3, 0.4) is 0 Å². The third-order valence-corrected chi connectivity index (χ3v) is 4.75. The van der Waals surface area contributed by atoms with Gasteiger partial charge in [-0.3, -0.25) is 14.5 Å². The molecule has 19 heavy (non-hydrogen) atoms. The monoisotopic (exact) mass is 266 g/mol. The fourth-order valence-electron chi connectivity index (χ4n) is 3.67. The zero-order chi connectivity index (χ0) is 13.9. The summed E-state index contributed by atoms with van der Waals surface area (Å²) in [5.74, 6) is 0.0825. The minimum absolute atomic E-state index is 0.0100. The summed E-state index contributed by atoms with van der Waals surface area (Å²) in [6, 6.07) is -0.0902. The second kappa shape index (κ2) is 6.04. The van der Waals surface area contributed by atoms with Crippen LogP contribution >= 0.6 is 0 Å². The highest BCUT2D eigenvalue weighted by molar-refractivity contribution is 6.06. The Balaban J connectivity index is 2.19. The summed E-state index contributed by atoms with van der Waals surface area (Å²) in [6.45, 7) is 2.45. The Morgan fingerprint density at radius 1 is 1.21 bits per heavy atom. The molecule has 0 aromatic heterocycles. The Morgan fingerprint density at radius 3 is 2.37 bits per heavy atom. The second-order valence-electron chi connectivity index (χ2n) is 6.12. The van der Waals surface area contributed by atoms with Crippen LogP contribution in [-0.2, 0) is 9.59 Å². The molecule has 1 unspecified atom stereocenters. The van der Waals surface area contributed by atoms with Gasteiger partial charge < -0.3 is 5.73 Å². The first kappa shape index (κ1) is 14.5. The van der Waals surface area contributed by atoms with E-state index in [1.54, 1.807) is 0 Å². The second-order valence-corrected chi connectivity index (χ2v) is 6.12. The highest BCUT2D eigenvalue weighted by Crippen LogP contribution is 2.45. The SMILES string of the molecule is CCCC(CN)N1C(=O)CC2(CCCCCC2)C1=O. The van der Waals surface area contributed by atoms with Gasteiger partial charge in [-0.25, -0.2) is 0 Å². The molecule has 2 fully saturated rings. The maximum atomic E-state index is 12.8. The van der Waals surface area contributed by atoms with Gasteiger partial charge in [0.25, 0.3) is 0 Å². The highest BCUT2D eigenvalue weighted by atomic mass is 16.2. The molecular weight excluding hydrogens is 240 g/mol. The summed E-state index contributed by atoms with van der Waals surface area (Å²) in [5, 5.41) is 0. The van der Waals surface area contributed by atoms with Gasteiger partial charge in [-0.1, -0.05) is 39.0 Å². The fourth-order valence-corrected chi connectivity index (χ4v) is 3.67. The van der Waals surface area contributed by atoms with Crippen molar-refractivity contribution in [2.24, 2.45) is 11.1 Å². The fraction of sp³-hybridized carbons (Fsp3) is 0.867. The van der Waals surface area contributed by atoms with Crippen LogP contribution in [0.2, 0.25) is 0 Å². The van der Waals surface area contributed by atoms with Gasteiger partial charge in [0.05, 0.1) is 11.5 Å². The average molecular weight is 266 g/mol. The molecule has 1 saturated carbocycles. The topological polar surface area (TPSA) is 63.4 Å². The van der Waals surface area contributed by atoms with Gasteiger partial charge in [-0.15, -0.1) is 0 Å². The maximum absolute atomic E-state index is 12.8. The zero-order valence-corrected chi connectivity index (χ0v) is 12.0. The minimum Gasteiger partial charge on any atom is -0.328 e. The van der Waals surface area contributed by atoms with E-state index in [4.69, 9.17) is 5.73 Å². The molecule has 2 rings (SSSR count). The molecule has 2 N–H and O–H groups in total. The predicted molar refractivity (Wildman–Crippen MR) is 74.4 cm³/mol. The maximum Gasteiger partial charge on any atom is 0.236 e. The van der Waals surface area contributed by atoms with E-state index in [2.05, 4.69) is 6.92 Å². The molecule has 0 aromatic rings. The van der Waals surface area contributed by atoms with Crippen LogP contribution in [0.5, 0.6) is 0 Å². The van der Waals surface area contributed by atoms with E-state index in [1.165, 1.54) is 17.7 Å². The summed E-state index contributed by atoms with van der Waals surface area (Å²) < 4.78 is 0. The molecule has 1 atom stereocenters. The summed E-state index contributed by atoms with van der Waals surface area (Å²) in [5.41, 5.74) is 5.39. The Hall–Kier alpha value is -0.900. The number of hydrogen-bond donors (Lipinski definition) is 1. The van der Waals surface area contributed by atoms with Gasteiger partial charge in [0.15, 0.2) is 0 Å². The van der Waals surface area contributed by atoms with Gasteiger partial charge in [-0.05, 0) is 19.3 Å². The number of likely N-dealkylation sites (tertiary alicyclic amines) is 1. The first-order chi connectivity index (χ1) is 9.14. The van der Waals surface area contributed by atoms with Crippen molar-refractivity contribution in [1.82, 2.24) is 4.90 Å². The number of nitrogens with two attached hydrogens (primary N) is 1. The van der Waals surface area contributed by atoms with Gasteiger partial charge in [0.1, 0.15) is 0 Å². The number of rotatable bonds is 4. The van der Waals surface area contributed by atoms with Gasteiger partial charge in [-0.2, -0.15) is 0 Å². The van der Waals surface area contributed by atoms with Crippen LogP contribution in [0, 0.1) is 5.41 Å². The lowest BCUT2D eigenvalue weighted by atomic mass is 9.79. The first-order valence-electron chi connectivity index (χ1n) is 7.71. The molecule has 1 aliphatic carbocycles. The Morgan fingerprint density at radius 2 is 1.84 bits per heavy atom. The van der Waals surface area contributed by atoms with Crippen LogP contribution in [0.4, 0.5) is 0 Å². The molecule has 4 heteroatoms. The minimum atomic E-state index is -0.380. The number of imide groups is 1. The molecule has 2 amide bonds. The van der Waals surface area contributed by atoms with E-state index >= 15 is 0 Å². The van der Waals surface area contributed by atoms with Gasteiger partial charge in [0, 0.05) is 13.0 Å². The van der Waals surface area contributed by atoms with E-state index < -0.39 is 0 Å². The lowest BCUT2D eigenvalue weighted by molar-refractivity contribution is -0.144. The third kappa shape index (κ3) is 2.69. The molecule has 4 nitrogen and oxygen atoms in total. The van der Waals surface area contributed by atoms with Crippen molar-refractivity contribution in [3.8, 4) is 0 Å². The lowest BCUT2D eigenvalue weighted by Gasteiger charge is -2.29. The van der Waals surface area contributed by atoms with E-state index in [9.17, 15) is 9.59 Å². The largest absolute Gasteiger partial charge is 0.328 e. The van der Waals surface area contributed by atoms with Crippen molar-refractivity contribution in [1.29, 1.82) is 0 Å². The van der Waals surface area contributed by atoms with Crippen molar-refractivity contribution >= 4 is 11.8 Å². The molecule has 2 aliphatic rings. The third-order valence-electron chi connectivity index (χ3n) is 4.75. The van der Waals surface area contributed by atoms with E-state index in [0.29, 0.717) is 13.0 Å². The molecule has 1 saturated heterocycles. The molecule has 108 valence electrons. The molecular formula is C15H26N2O2. The summed E-state index contributed by atoms with van der Waals surface area (Å²) in [4.78, 5) is 26.6. The van der Waals surface area contributed by atoms with Crippen LogP contribution in [-0.4, -0.2) is 29.3 Å². The van der Waals surface area contributed by atoms with Crippen molar-refractivity contribution < 1.29 is 9.59 Å². The van der Waals surface area contributed by atoms with Crippen molar-refractivity contribution in [3.05, 3.63) is 0 Å². The zero-order valence-electron chi connectivity index (χ0n) is 12.0. The van der Waals surface area contributed by atoms with Crippen LogP contribution in [0.25, 0.3) is 0 Å². The van der Waals surface area contributed by atoms with E-state index in [-0.39, 0.29) is 23.3 Å². The van der Waals surface area contributed by atoms with Crippen LogP contribution in [0.1, 0.15) is 64.7 Å². The van der Waals surface area contributed by atoms with E-state index in [0.717, 1.165) is 38.5 Å². The smallest absolute Gasteiger partial charge is 0.236 e. The Bertz CT molecular complexity index is 346. The van der Waals surface area contributed by atoms with Crippen molar-refractivity contribution in [2.75, 3.05) is 6.54 Å².